The van der Waals surface area contributed by atoms with Gasteiger partial charge in [-0.3, -0.25) is 4.79 Å². The number of benzene rings is 1. The Hall–Kier alpha value is -0.540. The van der Waals surface area contributed by atoms with Crippen molar-refractivity contribution < 1.29 is 4.79 Å². The van der Waals surface area contributed by atoms with Gasteiger partial charge in [-0.05, 0) is 25.0 Å². The number of hydrogen-bond donors (Lipinski definition) is 1. The SMILES string of the molecule is CCC(Br)CNC(=O)c1cccc(C)c1Cl. The highest BCUT2D eigenvalue weighted by molar-refractivity contribution is 9.09. The van der Waals surface area contributed by atoms with Crippen LogP contribution in [0.3, 0.4) is 0 Å². The summed E-state index contributed by atoms with van der Waals surface area (Å²) in [4.78, 5) is 12.1. The second kappa shape index (κ2) is 6.26. The van der Waals surface area contributed by atoms with E-state index in [9.17, 15) is 4.79 Å². The molecule has 1 aromatic rings. The van der Waals surface area contributed by atoms with Gasteiger partial charge in [-0.15, -0.1) is 0 Å². The van der Waals surface area contributed by atoms with Gasteiger partial charge in [0.2, 0.25) is 0 Å². The van der Waals surface area contributed by atoms with Crippen molar-refractivity contribution >= 4 is 33.4 Å². The van der Waals surface area contributed by atoms with Crippen LogP contribution in [0.5, 0.6) is 0 Å². The van der Waals surface area contributed by atoms with Crippen molar-refractivity contribution in [3.05, 3.63) is 34.3 Å². The third kappa shape index (κ3) is 3.49. The third-order valence-electron chi connectivity index (χ3n) is 2.36. The van der Waals surface area contributed by atoms with Gasteiger partial charge in [-0.2, -0.15) is 0 Å². The number of amides is 1. The largest absolute Gasteiger partial charge is 0.351 e. The molecule has 0 saturated heterocycles. The standard InChI is InChI=1S/C12H15BrClNO/c1-3-9(13)7-15-12(16)10-6-4-5-8(2)11(10)14/h4-6,9H,3,7H2,1-2H3,(H,15,16). The van der Waals surface area contributed by atoms with Crippen LogP contribution in [0.25, 0.3) is 0 Å². The van der Waals surface area contributed by atoms with E-state index in [1.54, 1.807) is 6.07 Å². The zero-order valence-electron chi connectivity index (χ0n) is 9.39. The molecule has 0 aliphatic heterocycles. The number of alkyl halides is 1. The number of nitrogens with one attached hydrogen (secondary N) is 1. The normalized spacial score (nSPS) is 12.2. The predicted octanol–water partition coefficient (Wildman–Crippen LogP) is 3.55. The molecule has 0 aliphatic rings. The summed E-state index contributed by atoms with van der Waals surface area (Å²) < 4.78 is 0. The topological polar surface area (TPSA) is 29.1 Å². The van der Waals surface area contributed by atoms with E-state index in [2.05, 4.69) is 28.2 Å². The fourth-order valence-electron chi connectivity index (χ4n) is 1.27. The molecule has 4 heteroatoms. The summed E-state index contributed by atoms with van der Waals surface area (Å²) >= 11 is 9.53. The van der Waals surface area contributed by atoms with Crippen molar-refractivity contribution in [1.29, 1.82) is 0 Å². The van der Waals surface area contributed by atoms with Crippen LogP contribution in [0.4, 0.5) is 0 Å². The summed E-state index contributed by atoms with van der Waals surface area (Å²) in [5, 5.41) is 3.38. The summed E-state index contributed by atoms with van der Waals surface area (Å²) in [6.07, 6.45) is 0.974. The highest BCUT2D eigenvalue weighted by atomic mass is 79.9. The maximum atomic E-state index is 11.8. The Balaban J connectivity index is 2.70. The molecule has 0 heterocycles. The molecule has 2 nitrogen and oxygen atoms in total. The van der Waals surface area contributed by atoms with Gasteiger partial charge in [-0.25, -0.2) is 0 Å². The fraction of sp³-hybridized carbons (Fsp3) is 0.417. The lowest BCUT2D eigenvalue weighted by Gasteiger charge is -2.10. The molecular weight excluding hydrogens is 289 g/mol. The minimum Gasteiger partial charge on any atom is -0.351 e. The lowest BCUT2D eigenvalue weighted by atomic mass is 10.1. The third-order valence-corrected chi connectivity index (χ3v) is 3.84. The molecule has 0 radical (unpaired) electrons. The fourth-order valence-corrected chi connectivity index (χ4v) is 1.64. The summed E-state index contributed by atoms with van der Waals surface area (Å²) in [5.41, 5.74) is 1.46. The van der Waals surface area contributed by atoms with Crippen LogP contribution in [-0.4, -0.2) is 17.3 Å². The second-order valence-corrected chi connectivity index (χ2v) is 5.32. The highest BCUT2D eigenvalue weighted by Crippen LogP contribution is 2.20. The molecule has 1 aromatic carbocycles. The molecule has 0 aliphatic carbocycles. The maximum absolute atomic E-state index is 11.8. The number of carbonyl (C=O) groups excluding carboxylic acids is 1. The first kappa shape index (κ1) is 13.5. The minimum atomic E-state index is -0.119. The molecule has 1 rings (SSSR count). The quantitative estimate of drug-likeness (QED) is 0.847. The summed E-state index contributed by atoms with van der Waals surface area (Å²) in [6.45, 7) is 4.56. The van der Waals surface area contributed by atoms with Crippen molar-refractivity contribution in [3.63, 3.8) is 0 Å². The lowest BCUT2D eigenvalue weighted by Crippen LogP contribution is -2.29. The molecular formula is C12H15BrClNO. The zero-order valence-corrected chi connectivity index (χ0v) is 11.7. The van der Waals surface area contributed by atoms with Crippen LogP contribution < -0.4 is 5.32 Å². The maximum Gasteiger partial charge on any atom is 0.252 e. The summed E-state index contributed by atoms with van der Waals surface area (Å²) in [5.74, 6) is -0.119. The molecule has 1 N–H and O–H groups in total. The van der Waals surface area contributed by atoms with Gasteiger partial charge < -0.3 is 5.32 Å². The molecule has 0 spiro atoms. The van der Waals surface area contributed by atoms with E-state index < -0.39 is 0 Å². The first-order chi connectivity index (χ1) is 7.56. The van der Waals surface area contributed by atoms with E-state index in [-0.39, 0.29) is 5.91 Å². The van der Waals surface area contributed by atoms with E-state index in [4.69, 9.17) is 11.6 Å². The highest BCUT2D eigenvalue weighted by Gasteiger charge is 2.12. The molecule has 0 fully saturated rings. The van der Waals surface area contributed by atoms with Gasteiger partial charge in [0.1, 0.15) is 0 Å². The van der Waals surface area contributed by atoms with Gasteiger partial charge in [-0.1, -0.05) is 46.6 Å². The van der Waals surface area contributed by atoms with E-state index in [0.29, 0.717) is 22.0 Å². The van der Waals surface area contributed by atoms with Crippen molar-refractivity contribution in [3.8, 4) is 0 Å². The smallest absolute Gasteiger partial charge is 0.252 e. The Bertz CT molecular complexity index is 381. The van der Waals surface area contributed by atoms with Gasteiger partial charge in [0, 0.05) is 11.4 Å². The molecule has 1 atom stereocenters. The molecule has 88 valence electrons. The minimum absolute atomic E-state index is 0.119. The Labute approximate surface area is 110 Å². The summed E-state index contributed by atoms with van der Waals surface area (Å²) in [7, 11) is 0. The molecule has 0 aromatic heterocycles. The monoisotopic (exact) mass is 303 g/mol. The molecule has 1 amide bonds. The first-order valence-corrected chi connectivity index (χ1v) is 6.53. The molecule has 16 heavy (non-hydrogen) atoms. The van der Waals surface area contributed by atoms with Crippen LogP contribution >= 0.6 is 27.5 Å². The van der Waals surface area contributed by atoms with Crippen molar-refractivity contribution in [2.45, 2.75) is 25.1 Å². The van der Waals surface area contributed by atoms with Crippen molar-refractivity contribution in [2.24, 2.45) is 0 Å². The Morgan fingerprint density at radius 2 is 2.25 bits per heavy atom. The van der Waals surface area contributed by atoms with Crippen LogP contribution in [0.15, 0.2) is 18.2 Å². The predicted molar refractivity (Wildman–Crippen MR) is 71.5 cm³/mol. The zero-order chi connectivity index (χ0) is 12.1. The van der Waals surface area contributed by atoms with Crippen LogP contribution in [0.1, 0.15) is 29.3 Å². The molecule has 0 saturated carbocycles. The van der Waals surface area contributed by atoms with Gasteiger partial charge in [0.25, 0.3) is 5.91 Å². The number of halogens is 2. The van der Waals surface area contributed by atoms with E-state index in [1.807, 2.05) is 19.1 Å². The van der Waals surface area contributed by atoms with Crippen LogP contribution in [0, 0.1) is 6.92 Å². The van der Waals surface area contributed by atoms with E-state index >= 15 is 0 Å². The van der Waals surface area contributed by atoms with Crippen LogP contribution in [-0.2, 0) is 0 Å². The van der Waals surface area contributed by atoms with Crippen molar-refractivity contribution in [2.75, 3.05) is 6.54 Å². The number of hydrogen-bond acceptors (Lipinski definition) is 1. The van der Waals surface area contributed by atoms with Crippen LogP contribution in [0.2, 0.25) is 5.02 Å². The van der Waals surface area contributed by atoms with Gasteiger partial charge in [0.05, 0.1) is 10.6 Å². The molecule has 1 unspecified atom stereocenters. The van der Waals surface area contributed by atoms with Gasteiger partial charge >= 0.3 is 0 Å². The van der Waals surface area contributed by atoms with Gasteiger partial charge in [0.15, 0.2) is 0 Å². The number of aryl methyl sites for hydroxylation is 1. The number of carbonyl (C=O) groups is 1. The second-order valence-electron chi connectivity index (χ2n) is 3.65. The summed E-state index contributed by atoms with van der Waals surface area (Å²) in [6, 6.07) is 5.46. The molecule has 0 bridgehead atoms. The average Bonchev–Trinajstić information content (AvgIpc) is 2.29. The van der Waals surface area contributed by atoms with E-state index in [0.717, 1.165) is 12.0 Å². The van der Waals surface area contributed by atoms with Crippen molar-refractivity contribution in [1.82, 2.24) is 5.32 Å². The average molecular weight is 305 g/mol. The number of rotatable bonds is 4. The van der Waals surface area contributed by atoms with E-state index in [1.165, 1.54) is 0 Å². The lowest BCUT2D eigenvalue weighted by molar-refractivity contribution is 0.0954. The first-order valence-electron chi connectivity index (χ1n) is 5.23. The Morgan fingerprint density at radius 3 is 2.88 bits per heavy atom. The Morgan fingerprint density at radius 1 is 1.56 bits per heavy atom. The Kier molecular flexibility index (Phi) is 5.29.